The number of carbonyl (C=O) groups is 1. The Morgan fingerprint density at radius 1 is 1.12 bits per heavy atom. The number of nitro benzene ring substituents is 1. The molecule has 0 spiro atoms. The highest BCUT2D eigenvalue weighted by Crippen LogP contribution is 2.30. The maximum absolute atomic E-state index is 11.6. The van der Waals surface area contributed by atoms with Crippen LogP contribution in [-0.4, -0.2) is 16.6 Å². The Morgan fingerprint density at radius 2 is 1.76 bits per heavy atom. The van der Waals surface area contributed by atoms with Gasteiger partial charge in [-0.25, -0.2) is 4.79 Å². The van der Waals surface area contributed by atoms with Gasteiger partial charge in [0.25, 0.3) is 0 Å². The zero-order valence-corrected chi connectivity index (χ0v) is 14.3. The van der Waals surface area contributed by atoms with Crippen LogP contribution in [0.1, 0.15) is 26.3 Å². The molecule has 1 N–H and O–H groups in total. The SMILES string of the molecule is CC(C)(C)OC(=O)NCc1ccc(Oc2ccccc2[N+](=O)[O-])cc1. The molecule has 0 saturated carbocycles. The Labute approximate surface area is 145 Å². The van der Waals surface area contributed by atoms with E-state index in [0.717, 1.165) is 5.56 Å². The maximum atomic E-state index is 11.6. The van der Waals surface area contributed by atoms with Crippen molar-refractivity contribution in [1.82, 2.24) is 5.32 Å². The summed E-state index contributed by atoms with van der Waals surface area (Å²) in [6, 6.07) is 13.1. The molecule has 0 aliphatic carbocycles. The minimum atomic E-state index is -0.549. The van der Waals surface area contributed by atoms with E-state index in [0.29, 0.717) is 12.3 Å². The molecule has 2 aromatic carbocycles. The first kappa shape index (κ1) is 18.3. The van der Waals surface area contributed by atoms with Gasteiger partial charge in [-0.1, -0.05) is 24.3 Å². The highest BCUT2D eigenvalue weighted by atomic mass is 16.6. The van der Waals surface area contributed by atoms with E-state index in [-0.39, 0.29) is 11.4 Å². The minimum absolute atomic E-state index is 0.0989. The molecule has 1 amide bonds. The number of carbonyl (C=O) groups excluding carboxylic acids is 1. The van der Waals surface area contributed by atoms with Crippen molar-refractivity contribution < 1.29 is 19.2 Å². The topological polar surface area (TPSA) is 90.7 Å². The lowest BCUT2D eigenvalue weighted by atomic mass is 10.2. The number of hydrogen-bond donors (Lipinski definition) is 1. The molecule has 0 unspecified atom stereocenters. The molecule has 0 fully saturated rings. The summed E-state index contributed by atoms with van der Waals surface area (Å²) >= 11 is 0. The van der Waals surface area contributed by atoms with Crippen LogP contribution in [0.5, 0.6) is 11.5 Å². The number of nitro groups is 1. The van der Waals surface area contributed by atoms with E-state index in [1.807, 2.05) is 0 Å². The number of hydrogen-bond acceptors (Lipinski definition) is 5. The minimum Gasteiger partial charge on any atom is -0.450 e. The number of benzene rings is 2. The number of nitrogens with one attached hydrogen (secondary N) is 1. The molecule has 132 valence electrons. The maximum Gasteiger partial charge on any atom is 0.407 e. The monoisotopic (exact) mass is 344 g/mol. The average Bonchev–Trinajstić information content (AvgIpc) is 2.53. The van der Waals surface area contributed by atoms with E-state index < -0.39 is 16.6 Å². The fourth-order valence-corrected chi connectivity index (χ4v) is 1.99. The van der Waals surface area contributed by atoms with Crippen LogP contribution in [-0.2, 0) is 11.3 Å². The van der Waals surface area contributed by atoms with Gasteiger partial charge >= 0.3 is 11.8 Å². The lowest BCUT2D eigenvalue weighted by Gasteiger charge is -2.19. The van der Waals surface area contributed by atoms with Gasteiger partial charge in [0.15, 0.2) is 0 Å². The third kappa shape index (κ3) is 5.80. The largest absolute Gasteiger partial charge is 0.450 e. The smallest absolute Gasteiger partial charge is 0.407 e. The van der Waals surface area contributed by atoms with E-state index in [1.165, 1.54) is 12.1 Å². The fraction of sp³-hybridized carbons (Fsp3) is 0.278. The summed E-state index contributed by atoms with van der Waals surface area (Å²) in [6.45, 7) is 5.69. The summed E-state index contributed by atoms with van der Waals surface area (Å²) in [4.78, 5) is 22.1. The molecular formula is C18H20N2O5. The normalized spacial score (nSPS) is 10.8. The van der Waals surface area contributed by atoms with Gasteiger partial charge in [-0.05, 0) is 44.5 Å². The third-order valence-corrected chi connectivity index (χ3v) is 3.05. The Bertz CT molecular complexity index is 751. The summed E-state index contributed by atoms with van der Waals surface area (Å²) in [5, 5.41) is 13.6. The summed E-state index contributed by atoms with van der Waals surface area (Å²) < 4.78 is 10.7. The van der Waals surface area contributed by atoms with Crippen LogP contribution >= 0.6 is 0 Å². The lowest BCUT2D eigenvalue weighted by Crippen LogP contribution is -2.32. The zero-order valence-electron chi connectivity index (χ0n) is 14.3. The third-order valence-electron chi connectivity index (χ3n) is 3.05. The van der Waals surface area contributed by atoms with E-state index in [9.17, 15) is 14.9 Å². The van der Waals surface area contributed by atoms with Crippen LogP contribution in [0.3, 0.4) is 0 Å². The van der Waals surface area contributed by atoms with Gasteiger partial charge in [0, 0.05) is 12.6 Å². The molecule has 0 aliphatic heterocycles. The molecule has 0 bridgehead atoms. The fourth-order valence-electron chi connectivity index (χ4n) is 1.99. The van der Waals surface area contributed by atoms with E-state index in [4.69, 9.17) is 9.47 Å². The predicted molar refractivity (Wildman–Crippen MR) is 92.7 cm³/mol. The molecule has 0 heterocycles. The number of nitrogens with zero attached hydrogens (tertiary/aromatic N) is 1. The van der Waals surface area contributed by atoms with E-state index in [1.54, 1.807) is 57.2 Å². The molecule has 2 rings (SSSR count). The van der Waals surface area contributed by atoms with Gasteiger partial charge in [0.1, 0.15) is 11.4 Å². The number of alkyl carbamates (subject to hydrolysis) is 1. The Kier molecular flexibility index (Phi) is 5.59. The van der Waals surface area contributed by atoms with Crippen LogP contribution in [0.15, 0.2) is 48.5 Å². The lowest BCUT2D eigenvalue weighted by molar-refractivity contribution is -0.385. The molecule has 25 heavy (non-hydrogen) atoms. The van der Waals surface area contributed by atoms with Crippen molar-refractivity contribution in [3.05, 3.63) is 64.2 Å². The second-order valence-electron chi connectivity index (χ2n) is 6.33. The summed E-state index contributed by atoms with van der Waals surface area (Å²) in [7, 11) is 0. The van der Waals surface area contributed by atoms with Crippen LogP contribution in [0, 0.1) is 10.1 Å². The van der Waals surface area contributed by atoms with Crippen LogP contribution < -0.4 is 10.1 Å². The molecule has 0 radical (unpaired) electrons. The van der Waals surface area contributed by atoms with Crippen LogP contribution in [0.25, 0.3) is 0 Å². The van der Waals surface area contributed by atoms with Crippen molar-refractivity contribution in [2.24, 2.45) is 0 Å². The molecule has 0 aromatic heterocycles. The van der Waals surface area contributed by atoms with Crippen molar-refractivity contribution in [1.29, 1.82) is 0 Å². The standard InChI is InChI=1S/C18H20N2O5/c1-18(2,3)25-17(21)19-12-13-8-10-14(11-9-13)24-16-7-5-4-6-15(16)20(22)23/h4-11H,12H2,1-3H3,(H,19,21). The van der Waals surface area contributed by atoms with Gasteiger partial charge in [-0.3, -0.25) is 10.1 Å². The van der Waals surface area contributed by atoms with Crippen LogP contribution in [0.2, 0.25) is 0 Å². The first-order valence-electron chi connectivity index (χ1n) is 7.72. The molecule has 7 nitrogen and oxygen atoms in total. The molecule has 0 saturated heterocycles. The van der Waals surface area contributed by atoms with Crippen molar-refractivity contribution in [3.8, 4) is 11.5 Å². The highest BCUT2D eigenvalue weighted by molar-refractivity contribution is 5.67. The summed E-state index contributed by atoms with van der Waals surface area (Å²) in [6.07, 6.45) is -0.493. The van der Waals surface area contributed by atoms with Crippen molar-refractivity contribution in [2.45, 2.75) is 32.9 Å². The van der Waals surface area contributed by atoms with Gasteiger partial charge in [0.05, 0.1) is 4.92 Å². The summed E-state index contributed by atoms with van der Waals surface area (Å²) in [5.74, 6) is 0.641. The number of rotatable bonds is 5. The molecule has 2 aromatic rings. The quantitative estimate of drug-likeness (QED) is 0.641. The molecule has 0 aliphatic rings. The first-order chi connectivity index (χ1) is 11.7. The molecule has 0 atom stereocenters. The highest BCUT2D eigenvalue weighted by Gasteiger charge is 2.16. The van der Waals surface area contributed by atoms with E-state index in [2.05, 4.69) is 5.32 Å². The van der Waals surface area contributed by atoms with E-state index >= 15 is 0 Å². The average molecular weight is 344 g/mol. The Balaban J connectivity index is 1.97. The zero-order chi connectivity index (χ0) is 18.4. The van der Waals surface area contributed by atoms with Gasteiger partial charge in [-0.15, -0.1) is 0 Å². The molecular weight excluding hydrogens is 324 g/mol. The van der Waals surface area contributed by atoms with Gasteiger partial charge in [0.2, 0.25) is 5.75 Å². The molecule has 7 heteroatoms. The van der Waals surface area contributed by atoms with Crippen molar-refractivity contribution in [2.75, 3.05) is 0 Å². The second kappa shape index (κ2) is 7.65. The van der Waals surface area contributed by atoms with Gasteiger partial charge in [-0.2, -0.15) is 0 Å². The Morgan fingerprint density at radius 3 is 2.36 bits per heavy atom. The number of ether oxygens (including phenoxy) is 2. The number of para-hydroxylation sites is 2. The second-order valence-corrected chi connectivity index (χ2v) is 6.33. The van der Waals surface area contributed by atoms with Crippen molar-refractivity contribution >= 4 is 11.8 Å². The summed E-state index contributed by atoms with van der Waals surface area (Å²) in [5.41, 5.74) is 0.200. The first-order valence-corrected chi connectivity index (χ1v) is 7.72. The van der Waals surface area contributed by atoms with Crippen LogP contribution in [0.4, 0.5) is 10.5 Å². The predicted octanol–water partition coefficient (Wildman–Crippen LogP) is 4.41. The Hall–Kier alpha value is -3.09. The number of amides is 1. The van der Waals surface area contributed by atoms with Gasteiger partial charge < -0.3 is 14.8 Å². The van der Waals surface area contributed by atoms with Crippen molar-refractivity contribution in [3.63, 3.8) is 0 Å².